The van der Waals surface area contributed by atoms with Gasteiger partial charge in [-0.3, -0.25) is 0 Å². The Morgan fingerprint density at radius 3 is 2.00 bits per heavy atom. The maximum atomic E-state index is 6.02. The minimum absolute atomic E-state index is 0.377. The molecule has 0 aromatic carbocycles. The molecule has 0 N–H and O–H groups in total. The first-order valence-corrected chi connectivity index (χ1v) is 10.1. The molecule has 1 heterocycles. The van der Waals surface area contributed by atoms with Crippen LogP contribution in [0.3, 0.4) is 0 Å². The van der Waals surface area contributed by atoms with Gasteiger partial charge in [-0.1, -0.05) is 51.9 Å². The van der Waals surface area contributed by atoms with E-state index in [1.165, 1.54) is 57.8 Å². The van der Waals surface area contributed by atoms with Gasteiger partial charge < -0.3 is 23.7 Å². The van der Waals surface area contributed by atoms with Crippen molar-refractivity contribution in [3.8, 4) is 0 Å². The van der Waals surface area contributed by atoms with Gasteiger partial charge in [0, 0.05) is 27.8 Å². The van der Waals surface area contributed by atoms with Gasteiger partial charge in [0.15, 0.2) is 0 Å². The molecule has 1 aliphatic rings. The first-order valence-electron chi connectivity index (χ1n) is 10.1. The fourth-order valence-corrected chi connectivity index (χ4v) is 3.13. The molecule has 5 heteroatoms. The number of methoxy groups -OCH3 is 3. The molecule has 0 bridgehead atoms. The van der Waals surface area contributed by atoms with E-state index in [9.17, 15) is 0 Å². The van der Waals surface area contributed by atoms with Crippen LogP contribution in [0.2, 0.25) is 0 Å². The Labute approximate surface area is 154 Å². The largest absolute Gasteiger partial charge is 0.375 e. The molecule has 2 atom stereocenters. The van der Waals surface area contributed by atoms with Crippen LogP contribution in [-0.2, 0) is 23.7 Å². The van der Waals surface area contributed by atoms with Crippen molar-refractivity contribution in [1.82, 2.24) is 0 Å². The van der Waals surface area contributed by atoms with Gasteiger partial charge in [-0.05, 0) is 19.3 Å². The molecule has 0 aromatic rings. The summed E-state index contributed by atoms with van der Waals surface area (Å²) < 4.78 is 27.2. The third-order valence-corrected chi connectivity index (χ3v) is 4.99. The lowest BCUT2D eigenvalue weighted by Crippen LogP contribution is -2.35. The number of rotatable bonds is 18. The molecule has 25 heavy (non-hydrogen) atoms. The predicted octanol–water partition coefficient (Wildman–Crippen LogP) is 4.67. The van der Waals surface area contributed by atoms with Crippen molar-refractivity contribution in [3.63, 3.8) is 0 Å². The molecule has 0 amide bonds. The Morgan fingerprint density at radius 2 is 1.44 bits per heavy atom. The van der Waals surface area contributed by atoms with Crippen molar-refractivity contribution >= 4 is 0 Å². The molecule has 1 rings (SSSR count). The van der Waals surface area contributed by atoms with Crippen LogP contribution >= 0.6 is 0 Å². The Hall–Kier alpha value is -0.200. The van der Waals surface area contributed by atoms with E-state index in [0.717, 1.165) is 26.1 Å². The van der Waals surface area contributed by atoms with E-state index < -0.39 is 5.97 Å². The van der Waals surface area contributed by atoms with E-state index in [2.05, 4.69) is 6.92 Å². The highest BCUT2D eigenvalue weighted by Crippen LogP contribution is 2.22. The van der Waals surface area contributed by atoms with Gasteiger partial charge in [0.2, 0.25) is 0 Å². The predicted molar refractivity (Wildman–Crippen MR) is 99.7 cm³/mol. The van der Waals surface area contributed by atoms with Gasteiger partial charge in [0.1, 0.15) is 6.10 Å². The zero-order chi connectivity index (χ0) is 18.4. The van der Waals surface area contributed by atoms with Gasteiger partial charge in [0.05, 0.1) is 19.3 Å². The van der Waals surface area contributed by atoms with Crippen LogP contribution in [0.4, 0.5) is 0 Å². The number of hydrogen-bond acceptors (Lipinski definition) is 5. The van der Waals surface area contributed by atoms with Crippen molar-refractivity contribution in [1.29, 1.82) is 0 Å². The summed E-state index contributed by atoms with van der Waals surface area (Å²) >= 11 is 0. The lowest BCUT2D eigenvalue weighted by atomic mass is 10.0. The molecule has 1 aliphatic heterocycles. The summed E-state index contributed by atoms with van der Waals surface area (Å²) in [6.45, 7) is 3.91. The van der Waals surface area contributed by atoms with Gasteiger partial charge in [-0.15, -0.1) is 0 Å². The van der Waals surface area contributed by atoms with Crippen molar-refractivity contribution in [2.24, 2.45) is 0 Å². The Morgan fingerprint density at radius 1 is 0.880 bits per heavy atom. The smallest absolute Gasteiger partial charge is 0.282 e. The molecule has 150 valence electrons. The van der Waals surface area contributed by atoms with E-state index in [1.807, 2.05) is 0 Å². The normalized spacial score (nSPS) is 18.5. The monoisotopic (exact) mass is 360 g/mol. The summed E-state index contributed by atoms with van der Waals surface area (Å²) in [4.78, 5) is 0. The molecule has 1 saturated heterocycles. The first-order chi connectivity index (χ1) is 12.2. The summed E-state index contributed by atoms with van der Waals surface area (Å²) in [7, 11) is 4.87. The van der Waals surface area contributed by atoms with Gasteiger partial charge in [0.25, 0.3) is 5.97 Å². The Bertz CT molecular complexity index is 294. The molecule has 2 unspecified atom stereocenters. The third kappa shape index (κ3) is 10.5. The van der Waals surface area contributed by atoms with E-state index in [0.29, 0.717) is 12.2 Å². The molecular formula is C20H40O5. The van der Waals surface area contributed by atoms with E-state index >= 15 is 0 Å². The lowest BCUT2D eigenvalue weighted by molar-refractivity contribution is -0.355. The summed E-state index contributed by atoms with van der Waals surface area (Å²) in [5.74, 6) is -0.866. The summed E-state index contributed by atoms with van der Waals surface area (Å²) in [6, 6.07) is 0. The zero-order valence-corrected chi connectivity index (χ0v) is 16.9. The Balaban J connectivity index is 2.01. The van der Waals surface area contributed by atoms with Crippen LogP contribution in [0.25, 0.3) is 0 Å². The summed E-state index contributed by atoms with van der Waals surface area (Å²) in [5, 5.41) is 0. The standard InChI is InChI=1S/C20H40O5/c1-5-6-13-18(24-16-19-17-25-19)14-11-9-7-8-10-12-15-20(21-2,22-3)23-4/h18-19H,5-17H2,1-4H3. The van der Waals surface area contributed by atoms with Crippen LogP contribution in [0.5, 0.6) is 0 Å². The van der Waals surface area contributed by atoms with Crippen molar-refractivity contribution in [2.75, 3.05) is 34.5 Å². The topological polar surface area (TPSA) is 49.5 Å². The fourth-order valence-electron chi connectivity index (χ4n) is 3.13. The summed E-state index contributed by atoms with van der Waals surface area (Å²) in [6.07, 6.45) is 13.8. The zero-order valence-electron chi connectivity index (χ0n) is 16.9. The number of epoxide rings is 1. The molecule has 5 nitrogen and oxygen atoms in total. The van der Waals surface area contributed by atoms with Crippen molar-refractivity contribution < 1.29 is 23.7 Å². The maximum absolute atomic E-state index is 6.02. The minimum atomic E-state index is -0.866. The molecular weight excluding hydrogens is 320 g/mol. The molecule has 0 saturated carbocycles. The molecule has 0 radical (unpaired) electrons. The molecule has 0 aromatic heterocycles. The summed E-state index contributed by atoms with van der Waals surface area (Å²) in [5.41, 5.74) is 0. The van der Waals surface area contributed by atoms with Crippen LogP contribution < -0.4 is 0 Å². The second-order valence-corrected chi connectivity index (χ2v) is 7.01. The van der Waals surface area contributed by atoms with E-state index in [4.69, 9.17) is 23.7 Å². The van der Waals surface area contributed by atoms with Crippen molar-refractivity contribution in [2.45, 2.75) is 95.7 Å². The second-order valence-electron chi connectivity index (χ2n) is 7.01. The molecule has 0 aliphatic carbocycles. The average molecular weight is 361 g/mol. The van der Waals surface area contributed by atoms with Gasteiger partial charge in [-0.25, -0.2) is 0 Å². The van der Waals surface area contributed by atoms with Crippen LogP contribution in [0, 0.1) is 0 Å². The van der Waals surface area contributed by atoms with Crippen molar-refractivity contribution in [3.05, 3.63) is 0 Å². The van der Waals surface area contributed by atoms with Crippen LogP contribution in [0.15, 0.2) is 0 Å². The number of ether oxygens (including phenoxy) is 5. The molecule has 0 spiro atoms. The highest BCUT2D eigenvalue weighted by atomic mass is 16.9. The molecule has 1 fully saturated rings. The Kier molecular flexibility index (Phi) is 12.7. The van der Waals surface area contributed by atoms with E-state index in [-0.39, 0.29) is 0 Å². The first kappa shape index (κ1) is 22.8. The maximum Gasteiger partial charge on any atom is 0.282 e. The van der Waals surface area contributed by atoms with Gasteiger partial charge in [-0.2, -0.15) is 0 Å². The fraction of sp³-hybridized carbons (Fsp3) is 1.00. The quantitative estimate of drug-likeness (QED) is 0.202. The highest BCUT2D eigenvalue weighted by molar-refractivity contribution is 4.69. The van der Waals surface area contributed by atoms with Crippen LogP contribution in [0.1, 0.15) is 77.6 Å². The lowest BCUT2D eigenvalue weighted by Gasteiger charge is -2.28. The number of unbranched alkanes of at least 4 members (excludes halogenated alkanes) is 6. The SMILES string of the molecule is CCCCC(CCCCCCCCC(OC)(OC)OC)OCC1CO1. The van der Waals surface area contributed by atoms with Crippen LogP contribution in [-0.4, -0.2) is 52.7 Å². The minimum Gasteiger partial charge on any atom is -0.375 e. The average Bonchev–Trinajstić information content (AvgIpc) is 3.47. The third-order valence-electron chi connectivity index (χ3n) is 4.99. The second kappa shape index (κ2) is 13.9. The highest BCUT2D eigenvalue weighted by Gasteiger charge is 2.28. The van der Waals surface area contributed by atoms with E-state index in [1.54, 1.807) is 21.3 Å². The van der Waals surface area contributed by atoms with Gasteiger partial charge >= 0.3 is 0 Å². The number of hydrogen-bond donors (Lipinski definition) is 0.